The molecule has 160 valence electrons. The second-order valence-electron chi connectivity index (χ2n) is 6.05. The van der Waals surface area contributed by atoms with Crippen molar-refractivity contribution in [3.05, 3.63) is 47.3 Å². The number of anilines is 2. The molecule has 0 aliphatic rings. The van der Waals surface area contributed by atoms with E-state index < -0.39 is 35.4 Å². The minimum atomic E-state index is -4.00. The first-order chi connectivity index (χ1) is 13.3. The molecule has 0 saturated heterocycles. The summed E-state index contributed by atoms with van der Waals surface area (Å²) < 4.78 is 17.6. The van der Waals surface area contributed by atoms with Gasteiger partial charge in [0.15, 0.2) is 0 Å². The van der Waals surface area contributed by atoms with Gasteiger partial charge in [-0.05, 0) is 36.8 Å². The second kappa shape index (κ2) is 9.58. The van der Waals surface area contributed by atoms with Crippen LogP contribution in [0.4, 0.5) is 15.9 Å². The average Bonchev–Trinajstić information content (AvgIpc) is 2.57. The first-order valence-electron chi connectivity index (χ1n) is 8.47. The summed E-state index contributed by atoms with van der Waals surface area (Å²) in [6.07, 6.45) is 1.25. The van der Waals surface area contributed by atoms with E-state index in [2.05, 4.69) is 28.9 Å². The number of hydrogen-bond acceptors (Lipinski definition) is 9. The van der Waals surface area contributed by atoms with Crippen molar-refractivity contribution < 1.29 is 39.5 Å². The van der Waals surface area contributed by atoms with Crippen LogP contribution < -0.4 is 15.8 Å². The Morgan fingerprint density at radius 1 is 1.17 bits per heavy atom. The summed E-state index contributed by atoms with van der Waals surface area (Å²) in [4.78, 5) is 15.8. The molecule has 10 nitrogen and oxygen atoms in total. The van der Waals surface area contributed by atoms with Gasteiger partial charge in [-0.1, -0.05) is 20.3 Å². The molecule has 0 radical (unpaired) electrons. The molecule has 0 spiro atoms. The van der Waals surface area contributed by atoms with Crippen LogP contribution in [0.25, 0.3) is 0 Å². The van der Waals surface area contributed by atoms with Gasteiger partial charge in [0, 0.05) is 11.8 Å². The fraction of sp³-hybridized carbons (Fsp3) is 0.333. The van der Waals surface area contributed by atoms with E-state index >= 15 is 0 Å². The number of aryl methyl sites for hydroxylation is 1. The molecular weight excluding hydrogens is 389 g/mol. The Morgan fingerprint density at radius 2 is 1.76 bits per heavy atom. The monoisotopic (exact) mass is 413 g/mol. The second-order valence-corrected chi connectivity index (χ2v) is 6.05. The molecule has 0 atom stereocenters. The summed E-state index contributed by atoms with van der Waals surface area (Å²) in [5, 5.41) is 47.2. The Hall–Kier alpha value is -2.83. The molecule has 29 heavy (non-hydrogen) atoms. The molecule has 8 N–H and O–H groups in total. The highest BCUT2D eigenvalue weighted by molar-refractivity contribution is 6.07. The number of carbonyl (C=O) groups excluding carboxylic acids is 1. The van der Waals surface area contributed by atoms with Crippen LogP contribution in [-0.4, -0.2) is 48.4 Å². The predicted octanol–water partition coefficient (Wildman–Crippen LogP) is 0.428. The topological polar surface area (TPSA) is 178 Å². The van der Waals surface area contributed by atoms with Gasteiger partial charge < -0.3 is 41.3 Å². The summed E-state index contributed by atoms with van der Waals surface area (Å²) in [6, 6.07) is 6.00. The lowest BCUT2D eigenvalue weighted by Crippen LogP contribution is -2.58. The number of aliphatic hydroxyl groups is 5. The van der Waals surface area contributed by atoms with Gasteiger partial charge in [-0.15, -0.1) is 0 Å². The maximum atomic E-state index is 13.2. The summed E-state index contributed by atoms with van der Waals surface area (Å²) in [6.45, 7) is 5.77. The van der Waals surface area contributed by atoms with E-state index in [9.17, 15) is 19.4 Å². The lowest BCUT2D eigenvalue weighted by molar-refractivity contribution is -0.502. The standard InChI is InChI=1S/C15H16FN3O7.C3H8/c1-7-6-8(2-4-10(7)16)18-13(20)9-3-5-11(19-12(9)17)26-15(24,25)14(21,22)23;1-3-2/h2-6,21-25H,1H3,(H2,17,19)(H,18,20);3H2,1-2H3. The highest BCUT2D eigenvalue weighted by Gasteiger charge is 2.50. The van der Waals surface area contributed by atoms with Crippen molar-refractivity contribution in [1.29, 1.82) is 0 Å². The Labute approximate surface area is 166 Å². The van der Waals surface area contributed by atoms with Crippen LogP contribution in [-0.2, 0) is 0 Å². The fourth-order valence-electron chi connectivity index (χ4n) is 1.84. The lowest BCUT2D eigenvalue weighted by Gasteiger charge is -2.28. The van der Waals surface area contributed by atoms with Crippen LogP contribution in [0.15, 0.2) is 30.3 Å². The summed E-state index contributed by atoms with van der Waals surface area (Å²) in [5.74, 6) is -9.94. The zero-order chi connectivity index (χ0) is 22.4. The van der Waals surface area contributed by atoms with Gasteiger partial charge in [-0.25, -0.2) is 4.39 Å². The number of halogens is 1. The molecule has 2 rings (SSSR count). The average molecular weight is 413 g/mol. The van der Waals surface area contributed by atoms with E-state index in [0.717, 1.165) is 12.1 Å². The number of nitrogen functional groups attached to an aromatic ring is 1. The number of nitrogens with one attached hydrogen (secondary N) is 1. The van der Waals surface area contributed by atoms with Crippen LogP contribution in [0, 0.1) is 12.7 Å². The molecule has 0 unspecified atom stereocenters. The van der Waals surface area contributed by atoms with E-state index in [1.54, 1.807) is 0 Å². The minimum Gasteiger partial charge on any atom is -0.415 e. The molecule has 0 aliphatic heterocycles. The smallest absolute Gasteiger partial charge is 0.410 e. The molecular formula is C18H24FN3O7. The van der Waals surface area contributed by atoms with Crippen LogP contribution >= 0.6 is 0 Å². The molecule has 2 aromatic rings. The highest BCUT2D eigenvalue weighted by atomic mass is 19.1. The number of nitrogens with zero attached hydrogens (tertiary/aromatic N) is 1. The highest BCUT2D eigenvalue weighted by Crippen LogP contribution is 2.23. The minimum absolute atomic E-state index is 0.121. The molecule has 1 aromatic heterocycles. The van der Waals surface area contributed by atoms with Gasteiger partial charge in [0.2, 0.25) is 5.88 Å². The molecule has 0 bridgehead atoms. The van der Waals surface area contributed by atoms with E-state index in [-0.39, 0.29) is 5.56 Å². The van der Waals surface area contributed by atoms with E-state index in [0.29, 0.717) is 11.3 Å². The van der Waals surface area contributed by atoms with Gasteiger partial charge in [0.1, 0.15) is 11.6 Å². The first-order valence-corrected chi connectivity index (χ1v) is 8.47. The summed E-state index contributed by atoms with van der Waals surface area (Å²) >= 11 is 0. The van der Waals surface area contributed by atoms with E-state index in [4.69, 9.17) is 21.1 Å². The molecule has 0 aliphatic carbocycles. The van der Waals surface area contributed by atoms with Crippen LogP contribution in [0.5, 0.6) is 5.88 Å². The van der Waals surface area contributed by atoms with Crippen molar-refractivity contribution in [1.82, 2.24) is 4.98 Å². The molecule has 1 heterocycles. The lowest BCUT2D eigenvalue weighted by atomic mass is 10.2. The third-order valence-corrected chi connectivity index (χ3v) is 3.24. The summed E-state index contributed by atoms with van der Waals surface area (Å²) in [7, 11) is 0. The van der Waals surface area contributed by atoms with Gasteiger partial charge in [0.25, 0.3) is 5.91 Å². The van der Waals surface area contributed by atoms with Crippen molar-refractivity contribution in [2.75, 3.05) is 11.1 Å². The Balaban J connectivity index is 0.00000132. The normalized spacial score (nSPS) is 11.3. The molecule has 0 saturated carbocycles. The van der Waals surface area contributed by atoms with Gasteiger partial charge in [-0.3, -0.25) is 4.79 Å². The van der Waals surface area contributed by atoms with Crippen LogP contribution in [0.1, 0.15) is 36.2 Å². The van der Waals surface area contributed by atoms with E-state index in [1.165, 1.54) is 31.5 Å². The number of ether oxygens (including phenoxy) is 1. The number of rotatable bonds is 5. The number of nitrogens with two attached hydrogens (primary N) is 1. The Bertz CT molecular complexity index is 854. The molecule has 1 amide bonds. The number of benzene rings is 1. The van der Waals surface area contributed by atoms with Gasteiger partial charge in [0.05, 0.1) is 5.56 Å². The van der Waals surface area contributed by atoms with Crippen molar-refractivity contribution in [3.8, 4) is 5.88 Å². The van der Waals surface area contributed by atoms with Crippen molar-refractivity contribution in [2.45, 2.75) is 39.1 Å². The first kappa shape index (κ1) is 24.2. The van der Waals surface area contributed by atoms with Crippen molar-refractivity contribution >= 4 is 17.4 Å². The fourth-order valence-corrected chi connectivity index (χ4v) is 1.84. The number of pyridine rings is 1. The zero-order valence-corrected chi connectivity index (χ0v) is 16.0. The predicted molar refractivity (Wildman–Crippen MR) is 101 cm³/mol. The van der Waals surface area contributed by atoms with Crippen molar-refractivity contribution in [3.63, 3.8) is 0 Å². The zero-order valence-electron chi connectivity index (χ0n) is 16.0. The Morgan fingerprint density at radius 3 is 2.24 bits per heavy atom. The largest absolute Gasteiger partial charge is 0.415 e. The number of hydrogen-bond donors (Lipinski definition) is 7. The summed E-state index contributed by atoms with van der Waals surface area (Å²) in [5.41, 5.74) is 6.10. The molecule has 1 aromatic carbocycles. The maximum Gasteiger partial charge on any atom is 0.410 e. The van der Waals surface area contributed by atoms with Crippen LogP contribution in [0.3, 0.4) is 0 Å². The third kappa shape index (κ3) is 6.62. The molecule has 0 fully saturated rings. The molecule has 11 heteroatoms. The van der Waals surface area contributed by atoms with E-state index in [1.807, 2.05) is 0 Å². The quantitative estimate of drug-likeness (QED) is 0.342. The number of carbonyl (C=O) groups is 1. The van der Waals surface area contributed by atoms with Crippen molar-refractivity contribution in [2.24, 2.45) is 0 Å². The number of aromatic nitrogens is 1. The van der Waals surface area contributed by atoms with Gasteiger partial charge >= 0.3 is 11.9 Å². The Kier molecular flexibility index (Phi) is 8.00. The number of amides is 1. The van der Waals surface area contributed by atoms with Gasteiger partial charge in [-0.2, -0.15) is 4.98 Å². The third-order valence-electron chi connectivity index (χ3n) is 3.24. The maximum absolute atomic E-state index is 13.2. The SMILES string of the molecule is CCC.Cc1cc(NC(=O)c2ccc(OC(O)(O)C(O)(O)O)nc2N)ccc1F. The van der Waals surface area contributed by atoms with Crippen LogP contribution in [0.2, 0.25) is 0 Å².